The first-order chi connectivity index (χ1) is 10.6. The zero-order valence-corrected chi connectivity index (χ0v) is 15.8. The van der Waals surface area contributed by atoms with Gasteiger partial charge in [0, 0.05) is 0 Å². The summed E-state index contributed by atoms with van der Waals surface area (Å²) in [6, 6.07) is 27.0. The molecule has 0 heterocycles. The van der Waals surface area contributed by atoms with Gasteiger partial charge in [0.05, 0.1) is 0 Å². The molecule has 3 aromatic carbocycles. The fourth-order valence-electron chi connectivity index (χ4n) is 2.53. The van der Waals surface area contributed by atoms with E-state index in [1.165, 1.54) is 32.6 Å². The van der Waals surface area contributed by atoms with Crippen LogP contribution in [0.5, 0.6) is 0 Å². The van der Waals surface area contributed by atoms with Crippen LogP contribution in [-0.4, -0.2) is 0 Å². The predicted molar refractivity (Wildman–Crippen MR) is 110 cm³/mol. The van der Waals surface area contributed by atoms with Crippen LogP contribution in [0.1, 0.15) is 16.7 Å². The van der Waals surface area contributed by atoms with E-state index in [1.807, 2.05) is 0 Å². The monoisotopic (exact) mass is 338 g/mol. The van der Waals surface area contributed by atoms with Gasteiger partial charge < -0.3 is 0 Å². The molecule has 0 fully saturated rings. The van der Waals surface area contributed by atoms with Crippen LogP contribution in [0.4, 0.5) is 0 Å². The lowest BCUT2D eigenvalue weighted by atomic mass is 10.2. The van der Waals surface area contributed by atoms with Gasteiger partial charge in [0.25, 0.3) is 0 Å². The quantitative estimate of drug-likeness (QED) is 0.618. The first kappa shape index (κ1) is 17.8. The Morgan fingerprint density at radius 2 is 0.652 bits per heavy atom. The first-order valence-electron chi connectivity index (χ1n) is 7.63. The van der Waals surface area contributed by atoms with E-state index in [2.05, 4.69) is 93.6 Å². The Bertz CT molecular complexity index is 635. The van der Waals surface area contributed by atoms with Crippen LogP contribution >= 0.6 is 21.4 Å². The maximum absolute atomic E-state index is 2.28. The van der Waals surface area contributed by atoms with E-state index in [9.17, 15) is 0 Å². The van der Waals surface area contributed by atoms with Crippen molar-refractivity contribution in [3.63, 3.8) is 0 Å². The van der Waals surface area contributed by atoms with Gasteiger partial charge in [-0.2, -0.15) is 13.5 Å². The molecule has 3 aromatic rings. The molecule has 0 aliphatic carbocycles. The molecule has 0 nitrogen and oxygen atoms in total. The summed E-state index contributed by atoms with van der Waals surface area (Å²) < 4.78 is 0. The summed E-state index contributed by atoms with van der Waals surface area (Å²) in [7, 11) is -0.483. The van der Waals surface area contributed by atoms with Gasteiger partial charge in [0.1, 0.15) is 0 Å². The van der Waals surface area contributed by atoms with Crippen molar-refractivity contribution in [2.75, 3.05) is 0 Å². The van der Waals surface area contributed by atoms with Gasteiger partial charge >= 0.3 is 0 Å². The molecule has 0 atom stereocenters. The van der Waals surface area contributed by atoms with Crippen LogP contribution in [0.3, 0.4) is 0 Å². The highest BCUT2D eigenvalue weighted by Gasteiger charge is 2.16. The average Bonchev–Trinajstić information content (AvgIpc) is 2.53. The molecule has 0 saturated carbocycles. The lowest BCUT2D eigenvalue weighted by molar-refractivity contribution is 1.48. The average molecular weight is 338 g/mol. The minimum Gasteiger partial charge on any atom is -0.197 e. The van der Waals surface area contributed by atoms with Crippen molar-refractivity contribution in [3.8, 4) is 0 Å². The molecule has 0 radical (unpaired) electrons. The third-order valence-electron chi connectivity index (χ3n) is 3.88. The third kappa shape index (κ3) is 4.25. The number of hydrogen-bond acceptors (Lipinski definition) is 0. The highest BCUT2D eigenvalue weighted by molar-refractivity contribution is 7.79. The Balaban J connectivity index is 0.00000192. The molecule has 0 N–H and O–H groups in total. The molecule has 2 heteroatoms. The normalized spacial score (nSPS) is 10.4. The second-order valence-electron chi connectivity index (χ2n) is 5.84. The molecule has 23 heavy (non-hydrogen) atoms. The summed E-state index contributed by atoms with van der Waals surface area (Å²) in [6.45, 7) is 6.43. The van der Waals surface area contributed by atoms with E-state index in [0.717, 1.165) is 0 Å². The number of rotatable bonds is 3. The summed E-state index contributed by atoms with van der Waals surface area (Å²) in [5.74, 6) is 0. The first-order valence-corrected chi connectivity index (χ1v) is 8.98. The zero-order chi connectivity index (χ0) is 15.5. The van der Waals surface area contributed by atoms with E-state index in [-0.39, 0.29) is 13.5 Å². The highest BCUT2D eigenvalue weighted by atomic mass is 32.1. The second-order valence-corrected chi connectivity index (χ2v) is 8.06. The van der Waals surface area contributed by atoms with Crippen molar-refractivity contribution in [3.05, 3.63) is 89.5 Å². The van der Waals surface area contributed by atoms with Gasteiger partial charge in [-0.1, -0.05) is 89.5 Å². The van der Waals surface area contributed by atoms with Crippen molar-refractivity contribution in [1.29, 1.82) is 0 Å². The van der Waals surface area contributed by atoms with Crippen LogP contribution in [0, 0.1) is 20.8 Å². The number of aryl methyl sites for hydroxylation is 3. The number of benzene rings is 3. The Morgan fingerprint density at radius 3 is 0.870 bits per heavy atom. The van der Waals surface area contributed by atoms with Gasteiger partial charge in [0.2, 0.25) is 0 Å². The van der Waals surface area contributed by atoms with Crippen molar-refractivity contribution >= 4 is 37.3 Å². The van der Waals surface area contributed by atoms with Crippen molar-refractivity contribution in [2.24, 2.45) is 0 Å². The standard InChI is InChI=1S/C21H21P.H2S/c1-16-4-10-19(11-5-16)22(20-12-6-17(2)7-13-20)21-14-8-18(3)9-15-21;/h4-15H,1-3H3;1H2. The maximum atomic E-state index is 2.28. The summed E-state index contributed by atoms with van der Waals surface area (Å²) in [5.41, 5.74) is 3.93. The summed E-state index contributed by atoms with van der Waals surface area (Å²) in [6.07, 6.45) is 0. The Morgan fingerprint density at radius 1 is 0.435 bits per heavy atom. The molecule has 0 spiro atoms. The van der Waals surface area contributed by atoms with E-state index < -0.39 is 7.92 Å². The zero-order valence-electron chi connectivity index (χ0n) is 13.9. The van der Waals surface area contributed by atoms with Gasteiger partial charge in [-0.25, -0.2) is 0 Å². The van der Waals surface area contributed by atoms with Crippen LogP contribution in [0.15, 0.2) is 72.8 Å². The van der Waals surface area contributed by atoms with Gasteiger partial charge in [0.15, 0.2) is 0 Å². The molecular formula is C21H23PS. The van der Waals surface area contributed by atoms with Crippen LogP contribution in [-0.2, 0) is 0 Å². The van der Waals surface area contributed by atoms with E-state index in [4.69, 9.17) is 0 Å². The second kappa shape index (κ2) is 7.81. The molecule has 0 amide bonds. The minimum absolute atomic E-state index is 0. The molecule has 0 saturated heterocycles. The van der Waals surface area contributed by atoms with Crippen molar-refractivity contribution in [1.82, 2.24) is 0 Å². The smallest absolute Gasteiger partial charge is 0.0134 e. The topological polar surface area (TPSA) is 0 Å². The van der Waals surface area contributed by atoms with E-state index >= 15 is 0 Å². The van der Waals surface area contributed by atoms with E-state index in [0.29, 0.717) is 0 Å². The number of hydrogen-bond donors (Lipinski definition) is 0. The third-order valence-corrected chi connectivity index (χ3v) is 6.32. The van der Waals surface area contributed by atoms with Crippen LogP contribution < -0.4 is 15.9 Å². The van der Waals surface area contributed by atoms with Gasteiger partial charge in [-0.15, -0.1) is 0 Å². The van der Waals surface area contributed by atoms with Gasteiger partial charge in [-0.3, -0.25) is 0 Å². The summed E-state index contributed by atoms with van der Waals surface area (Å²) in [4.78, 5) is 0. The molecule has 0 bridgehead atoms. The highest BCUT2D eigenvalue weighted by Crippen LogP contribution is 2.32. The molecule has 0 aliphatic rings. The van der Waals surface area contributed by atoms with E-state index in [1.54, 1.807) is 0 Å². The van der Waals surface area contributed by atoms with Crippen molar-refractivity contribution < 1.29 is 0 Å². The molecule has 0 unspecified atom stereocenters. The Hall–Kier alpha value is -1.56. The molecule has 118 valence electrons. The summed E-state index contributed by atoms with van der Waals surface area (Å²) >= 11 is 0. The largest absolute Gasteiger partial charge is 0.197 e. The Kier molecular flexibility index (Phi) is 6.04. The summed E-state index contributed by atoms with van der Waals surface area (Å²) in [5, 5.41) is 4.23. The minimum atomic E-state index is -0.483. The predicted octanol–water partition coefficient (Wildman–Crippen LogP) is 4.48. The van der Waals surface area contributed by atoms with Crippen LogP contribution in [0.2, 0.25) is 0 Å². The SMILES string of the molecule is Cc1ccc(P(c2ccc(C)cc2)c2ccc(C)cc2)cc1.S. The lowest BCUT2D eigenvalue weighted by Gasteiger charge is -2.20. The Labute approximate surface area is 147 Å². The fraction of sp³-hybridized carbons (Fsp3) is 0.143. The fourth-order valence-corrected chi connectivity index (χ4v) is 4.76. The lowest BCUT2D eigenvalue weighted by Crippen LogP contribution is -2.20. The maximum Gasteiger partial charge on any atom is -0.0134 e. The molecule has 3 rings (SSSR count). The van der Waals surface area contributed by atoms with Gasteiger partial charge in [-0.05, 0) is 44.6 Å². The molecule has 0 aliphatic heterocycles. The molecular weight excluding hydrogens is 315 g/mol. The van der Waals surface area contributed by atoms with Crippen LogP contribution in [0.25, 0.3) is 0 Å². The molecule has 0 aromatic heterocycles. The van der Waals surface area contributed by atoms with Crippen molar-refractivity contribution in [2.45, 2.75) is 20.8 Å².